The molecule has 0 spiro atoms. The molecule has 14 nitrogen and oxygen atoms in total. The molecule has 0 saturated heterocycles. The number of nitrogens with two attached hydrogens (primary N) is 3. The highest BCUT2D eigenvalue weighted by molar-refractivity contribution is 7.80. The minimum absolute atomic E-state index is 0.0416. The average molecular weight is 478 g/mol. The van der Waals surface area contributed by atoms with Crippen molar-refractivity contribution in [3.05, 3.63) is 0 Å². The van der Waals surface area contributed by atoms with Crippen molar-refractivity contribution in [2.45, 2.75) is 56.8 Å². The van der Waals surface area contributed by atoms with Gasteiger partial charge in [0.05, 0.1) is 6.04 Å². The van der Waals surface area contributed by atoms with Gasteiger partial charge in [0, 0.05) is 18.7 Å². The molecule has 0 unspecified atom stereocenters. The zero-order valence-corrected chi connectivity index (χ0v) is 18.5. The predicted molar refractivity (Wildman–Crippen MR) is 118 cm³/mol. The molecule has 0 aromatic carbocycles. The van der Waals surface area contributed by atoms with Crippen molar-refractivity contribution in [3.8, 4) is 0 Å². The molecule has 0 rings (SSSR count). The number of aliphatic imine (C=N–C) groups is 1. The van der Waals surface area contributed by atoms with Gasteiger partial charge in [0.2, 0.25) is 17.7 Å². The standard InChI is InChI=1S/C17H31N7O7S/c1-8(13(27)24-11(16(30)31)4-5-12(25)26)22-15(29)10(3-2-6-21-17(19)20)23-14(28)9(18)7-32/h8-11,32H,2-7,18H2,1H3,(H,22,29)(H,23,28)(H,24,27)(H,25,26)(H,30,31)(H4,19,20,21)/t8-,9-,10-,11-/m0/s1. The Bertz CT molecular complexity index is 715. The van der Waals surface area contributed by atoms with E-state index in [2.05, 4.69) is 33.6 Å². The molecule has 0 aliphatic rings. The Balaban J connectivity index is 5.09. The van der Waals surface area contributed by atoms with E-state index >= 15 is 0 Å². The summed E-state index contributed by atoms with van der Waals surface area (Å²) in [6.45, 7) is 1.50. The van der Waals surface area contributed by atoms with Gasteiger partial charge in [-0.2, -0.15) is 12.6 Å². The summed E-state index contributed by atoms with van der Waals surface area (Å²) in [7, 11) is 0. The largest absolute Gasteiger partial charge is 0.481 e. The van der Waals surface area contributed by atoms with Crippen molar-refractivity contribution in [2.24, 2.45) is 22.2 Å². The van der Waals surface area contributed by atoms with Gasteiger partial charge in [-0.25, -0.2) is 4.79 Å². The normalized spacial score (nSPS) is 14.2. The van der Waals surface area contributed by atoms with Gasteiger partial charge < -0.3 is 43.4 Å². The van der Waals surface area contributed by atoms with Crippen LogP contribution in [0, 0.1) is 0 Å². The summed E-state index contributed by atoms with van der Waals surface area (Å²) in [5, 5.41) is 24.8. The van der Waals surface area contributed by atoms with Gasteiger partial charge in [0.1, 0.15) is 18.1 Å². The number of rotatable bonds is 15. The van der Waals surface area contributed by atoms with E-state index in [9.17, 15) is 24.0 Å². The van der Waals surface area contributed by atoms with E-state index in [0.717, 1.165) is 0 Å². The summed E-state index contributed by atoms with van der Waals surface area (Å²) in [6, 6.07) is -4.65. The van der Waals surface area contributed by atoms with Crippen LogP contribution in [0.3, 0.4) is 0 Å². The van der Waals surface area contributed by atoms with Crippen LogP contribution >= 0.6 is 12.6 Å². The van der Waals surface area contributed by atoms with Crippen LogP contribution < -0.4 is 33.2 Å². The second-order valence-electron chi connectivity index (χ2n) is 6.86. The number of carboxylic acids is 2. The third kappa shape index (κ3) is 11.9. The molecule has 32 heavy (non-hydrogen) atoms. The zero-order chi connectivity index (χ0) is 24.8. The molecular formula is C17H31N7O7S. The number of thiol groups is 1. The highest BCUT2D eigenvalue weighted by Gasteiger charge is 2.28. The molecular weight excluding hydrogens is 446 g/mol. The van der Waals surface area contributed by atoms with E-state index in [1.165, 1.54) is 6.92 Å². The van der Waals surface area contributed by atoms with Crippen LogP contribution in [0.1, 0.15) is 32.6 Å². The first-order valence-electron chi connectivity index (χ1n) is 9.66. The van der Waals surface area contributed by atoms with Crippen LogP contribution in [0.2, 0.25) is 0 Å². The number of nitrogens with zero attached hydrogens (tertiary/aromatic N) is 1. The van der Waals surface area contributed by atoms with Gasteiger partial charge >= 0.3 is 11.9 Å². The van der Waals surface area contributed by atoms with E-state index < -0.39 is 60.2 Å². The monoisotopic (exact) mass is 477 g/mol. The van der Waals surface area contributed by atoms with Crippen LogP contribution in [-0.4, -0.2) is 82.3 Å². The molecule has 0 saturated carbocycles. The van der Waals surface area contributed by atoms with Crippen LogP contribution in [0.5, 0.6) is 0 Å². The Morgan fingerprint density at radius 1 is 0.938 bits per heavy atom. The number of aliphatic carboxylic acids is 2. The summed E-state index contributed by atoms with van der Waals surface area (Å²) in [4.78, 5) is 62.6. The first-order chi connectivity index (χ1) is 14.9. The van der Waals surface area contributed by atoms with Crippen molar-refractivity contribution in [1.29, 1.82) is 0 Å². The van der Waals surface area contributed by atoms with Gasteiger partial charge in [-0.05, 0) is 26.2 Å². The van der Waals surface area contributed by atoms with Crippen molar-refractivity contribution in [1.82, 2.24) is 16.0 Å². The number of nitrogens with one attached hydrogen (secondary N) is 3. The predicted octanol–water partition coefficient (Wildman–Crippen LogP) is -3.28. The fraction of sp³-hybridized carbons (Fsp3) is 0.647. The third-order valence-corrected chi connectivity index (χ3v) is 4.52. The Morgan fingerprint density at radius 2 is 1.53 bits per heavy atom. The lowest BCUT2D eigenvalue weighted by molar-refractivity contribution is -0.143. The Hall–Kier alpha value is -3.07. The van der Waals surface area contributed by atoms with E-state index in [1.807, 2.05) is 0 Å². The number of hydrogen-bond acceptors (Lipinski definition) is 8. The number of carbonyl (C=O) groups excluding carboxylic acids is 3. The Labute approximate surface area is 190 Å². The molecule has 0 fully saturated rings. The van der Waals surface area contributed by atoms with Crippen molar-refractivity contribution in [2.75, 3.05) is 12.3 Å². The lowest BCUT2D eigenvalue weighted by Gasteiger charge is -2.23. The fourth-order valence-electron chi connectivity index (χ4n) is 2.34. The highest BCUT2D eigenvalue weighted by Crippen LogP contribution is 2.02. The second-order valence-corrected chi connectivity index (χ2v) is 7.23. The van der Waals surface area contributed by atoms with E-state index in [4.69, 9.17) is 27.4 Å². The molecule has 3 amide bonds. The highest BCUT2D eigenvalue weighted by atomic mass is 32.1. The van der Waals surface area contributed by atoms with E-state index in [0.29, 0.717) is 6.42 Å². The van der Waals surface area contributed by atoms with Gasteiger partial charge in [0.15, 0.2) is 5.96 Å². The topological polar surface area (TPSA) is 252 Å². The lowest BCUT2D eigenvalue weighted by Crippen LogP contribution is -2.56. The maximum Gasteiger partial charge on any atom is 0.326 e. The molecule has 0 aromatic rings. The minimum Gasteiger partial charge on any atom is -0.481 e. The van der Waals surface area contributed by atoms with Gasteiger partial charge in [-0.3, -0.25) is 24.2 Å². The van der Waals surface area contributed by atoms with E-state index in [1.54, 1.807) is 0 Å². The fourth-order valence-corrected chi connectivity index (χ4v) is 2.50. The van der Waals surface area contributed by atoms with E-state index in [-0.39, 0.29) is 31.1 Å². The van der Waals surface area contributed by atoms with Crippen molar-refractivity contribution < 1.29 is 34.2 Å². The molecule has 4 atom stereocenters. The number of amides is 3. The summed E-state index contributed by atoms with van der Waals surface area (Å²) in [6.07, 6.45) is -0.350. The van der Waals surface area contributed by atoms with Crippen LogP contribution in [0.25, 0.3) is 0 Å². The summed E-state index contributed by atoms with van der Waals surface area (Å²) in [5.41, 5.74) is 16.1. The maximum absolute atomic E-state index is 12.6. The second kappa shape index (κ2) is 14.9. The number of carboxylic acid groups (broad SMARTS) is 2. The van der Waals surface area contributed by atoms with Crippen LogP contribution in [-0.2, 0) is 24.0 Å². The minimum atomic E-state index is -1.44. The number of guanidine groups is 1. The van der Waals surface area contributed by atoms with Gasteiger partial charge in [-0.1, -0.05) is 0 Å². The van der Waals surface area contributed by atoms with Gasteiger partial charge in [0.25, 0.3) is 0 Å². The Morgan fingerprint density at radius 3 is 2.03 bits per heavy atom. The summed E-state index contributed by atoms with van der Waals surface area (Å²) < 4.78 is 0. The zero-order valence-electron chi connectivity index (χ0n) is 17.6. The number of carbonyl (C=O) groups is 5. The van der Waals surface area contributed by atoms with Crippen molar-refractivity contribution in [3.63, 3.8) is 0 Å². The quantitative estimate of drug-likeness (QED) is 0.0492. The first kappa shape index (κ1) is 28.9. The number of hydrogen-bond donors (Lipinski definition) is 9. The lowest BCUT2D eigenvalue weighted by atomic mass is 10.1. The molecule has 0 aliphatic heterocycles. The maximum atomic E-state index is 12.6. The SMILES string of the molecule is C[C@H](NC(=O)[C@H](CCCN=C(N)N)NC(=O)[C@@H](N)CS)C(=O)N[C@@H](CCC(=O)O)C(=O)O. The summed E-state index contributed by atoms with van der Waals surface area (Å²) >= 11 is 3.93. The molecule has 0 heterocycles. The molecule has 182 valence electrons. The van der Waals surface area contributed by atoms with Gasteiger partial charge in [-0.15, -0.1) is 0 Å². The molecule has 11 N–H and O–H groups in total. The van der Waals surface area contributed by atoms with Crippen LogP contribution in [0.15, 0.2) is 4.99 Å². The summed E-state index contributed by atoms with van der Waals surface area (Å²) in [5.74, 6) is -4.90. The molecule has 0 radical (unpaired) electrons. The van der Waals surface area contributed by atoms with Crippen molar-refractivity contribution >= 4 is 48.2 Å². The Kier molecular flexibility index (Phi) is 13.4. The first-order valence-corrected chi connectivity index (χ1v) is 10.3. The molecule has 0 aromatic heterocycles. The molecule has 15 heteroatoms. The smallest absolute Gasteiger partial charge is 0.326 e. The molecule has 0 aliphatic carbocycles. The average Bonchev–Trinajstić information content (AvgIpc) is 2.71. The van der Waals surface area contributed by atoms with Crippen LogP contribution in [0.4, 0.5) is 0 Å². The molecule has 0 bridgehead atoms. The third-order valence-electron chi connectivity index (χ3n) is 4.13.